The Morgan fingerprint density at radius 2 is 1.96 bits per heavy atom. The van der Waals surface area contributed by atoms with Crippen LogP contribution in [0.25, 0.3) is 5.69 Å². The summed E-state index contributed by atoms with van der Waals surface area (Å²) in [6.45, 7) is 5.76. The van der Waals surface area contributed by atoms with Crippen LogP contribution in [0, 0.1) is 13.8 Å². The molecule has 6 nitrogen and oxygen atoms in total. The Labute approximate surface area is 157 Å². The van der Waals surface area contributed by atoms with Crippen LogP contribution in [0.15, 0.2) is 42.5 Å². The molecule has 0 radical (unpaired) electrons. The van der Waals surface area contributed by atoms with E-state index in [1.165, 1.54) is 0 Å². The van der Waals surface area contributed by atoms with Gasteiger partial charge in [-0.25, -0.2) is 4.68 Å². The molecule has 0 saturated heterocycles. The Morgan fingerprint density at radius 1 is 1.22 bits per heavy atom. The van der Waals surface area contributed by atoms with Crippen LogP contribution in [0.5, 0.6) is 0 Å². The van der Waals surface area contributed by atoms with Crippen molar-refractivity contribution in [3.63, 3.8) is 0 Å². The van der Waals surface area contributed by atoms with Crippen molar-refractivity contribution < 1.29 is 14.5 Å². The highest BCUT2D eigenvalue weighted by molar-refractivity contribution is 6.61. The van der Waals surface area contributed by atoms with Crippen LogP contribution in [0.2, 0.25) is 0 Å². The van der Waals surface area contributed by atoms with E-state index in [0.717, 1.165) is 27.8 Å². The zero-order valence-corrected chi connectivity index (χ0v) is 15.5. The summed E-state index contributed by atoms with van der Waals surface area (Å²) in [5.41, 5.74) is 5.61. The minimum absolute atomic E-state index is 0.104. The molecule has 1 aliphatic heterocycles. The first-order valence-electron chi connectivity index (χ1n) is 8.93. The minimum atomic E-state index is -0.936. The number of aromatic nitrogens is 3. The van der Waals surface area contributed by atoms with Crippen LogP contribution >= 0.6 is 0 Å². The zero-order chi connectivity index (χ0) is 19.1. The lowest BCUT2D eigenvalue weighted by atomic mass is 9.78. The predicted octanol–water partition coefficient (Wildman–Crippen LogP) is 2.09. The van der Waals surface area contributed by atoms with E-state index in [1.807, 2.05) is 63.2 Å². The molecule has 1 N–H and O–H groups in total. The Balaban J connectivity index is 1.58. The summed E-state index contributed by atoms with van der Waals surface area (Å²) >= 11 is 0. The van der Waals surface area contributed by atoms with E-state index < -0.39 is 7.12 Å². The number of hydrogen-bond donors (Lipinski definition) is 1. The number of aryl methyl sites for hydroxylation is 1. The third kappa shape index (κ3) is 3.20. The summed E-state index contributed by atoms with van der Waals surface area (Å²) in [6, 6.07) is 13.5. The van der Waals surface area contributed by atoms with E-state index >= 15 is 0 Å². The fourth-order valence-corrected chi connectivity index (χ4v) is 3.45. The molecule has 3 aromatic rings. The quantitative estimate of drug-likeness (QED) is 0.569. The normalized spacial score (nSPS) is 15.9. The van der Waals surface area contributed by atoms with Gasteiger partial charge in [0, 0.05) is 6.42 Å². The van der Waals surface area contributed by atoms with Gasteiger partial charge >= 0.3 is 7.12 Å². The first-order valence-corrected chi connectivity index (χ1v) is 8.93. The van der Waals surface area contributed by atoms with E-state index in [1.54, 1.807) is 4.68 Å². The molecule has 0 spiro atoms. The highest BCUT2D eigenvalue weighted by Crippen LogP contribution is 2.23. The van der Waals surface area contributed by atoms with Gasteiger partial charge in [-0.15, -0.1) is 5.10 Å². The van der Waals surface area contributed by atoms with Gasteiger partial charge in [-0.1, -0.05) is 41.1 Å². The van der Waals surface area contributed by atoms with Crippen molar-refractivity contribution in [1.29, 1.82) is 0 Å². The van der Waals surface area contributed by atoms with Crippen molar-refractivity contribution in [2.45, 2.75) is 33.3 Å². The summed E-state index contributed by atoms with van der Waals surface area (Å²) in [5.74, 6) is -0.104. The third-order valence-electron chi connectivity index (χ3n) is 4.99. The molecule has 136 valence electrons. The summed E-state index contributed by atoms with van der Waals surface area (Å²) in [4.78, 5) is 12.8. The maximum absolute atomic E-state index is 12.8. The van der Waals surface area contributed by atoms with Gasteiger partial charge < -0.3 is 9.68 Å². The number of ketones is 1. The second kappa shape index (κ2) is 6.76. The topological polar surface area (TPSA) is 77.2 Å². The van der Waals surface area contributed by atoms with Gasteiger partial charge in [0.05, 0.1) is 17.5 Å². The van der Waals surface area contributed by atoms with E-state index in [-0.39, 0.29) is 18.3 Å². The molecule has 4 rings (SSSR count). The molecule has 0 saturated carbocycles. The molecule has 1 atom stereocenters. The molecule has 2 heterocycles. The minimum Gasteiger partial charge on any atom is -0.423 e. The Morgan fingerprint density at radius 3 is 2.70 bits per heavy atom. The van der Waals surface area contributed by atoms with Gasteiger partial charge in [0.15, 0.2) is 11.5 Å². The van der Waals surface area contributed by atoms with Gasteiger partial charge in [0.2, 0.25) is 0 Å². The number of carbonyl (C=O) groups is 1. The van der Waals surface area contributed by atoms with Crippen LogP contribution in [-0.4, -0.2) is 32.9 Å². The largest absolute Gasteiger partial charge is 0.491 e. The van der Waals surface area contributed by atoms with Crippen LogP contribution in [0.4, 0.5) is 0 Å². The van der Waals surface area contributed by atoms with Gasteiger partial charge in [0.1, 0.15) is 0 Å². The first-order chi connectivity index (χ1) is 12.9. The lowest BCUT2D eigenvalue weighted by Gasteiger charge is -2.06. The van der Waals surface area contributed by atoms with E-state index in [2.05, 4.69) is 10.3 Å². The zero-order valence-electron chi connectivity index (χ0n) is 15.5. The average Bonchev–Trinajstić information content (AvgIpc) is 3.16. The Hall–Kier alpha value is -2.77. The molecule has 0 fully saturated rings. The predicted molar refractivity (Wildman–Crippen MR) is 102 cm³/mol. The molecule has 2 aromatic carbocycles. The molecule has 27 heavy (non-hydrogen) atoms. The number of Topliss-reactive ketones (excluding diaryl/α,β-unsaturated/α-hetero) is 1. The average molecular weight is 361 g/mol. The van der Waals surface area contributed by atoms with Gasteiger partial charge in [0.25, 0.3) is 0 Å². The number of nitrogens with zero attached hydrogens (tertiary/aromatic N) is 3. The summed E-state index contributed by atoms with van der Waals surface area (Å²) in [6.07, 6.45) is 0.0540. The summed E-state index contributed by atoms with van der Waals surface area (Å²) < 4.78 is 7.08. The molecular weight excluding hydrogens is 341 g/mol. The third-order valence-corrected chi connectivity index (χ3v) is 4.99. The highest BCUT2D eigenvalue weighted by Gasteiger charge is 2.32. The van der Waals surface area contributed by atoms with Gasteiger partial charge in [-0.05, 0) is 49.5 Å². The molecular formula is C20H20BN3O3. The highest BCUT2D eigenvalue weighted by atomic mass is 16.5. The Kier molecular flexibility index (Phi) is 4.41. The first kappa shape index (κ1) is 17.6. The molecule has 7 heteroatoms. The molecule has 1 aromatic heterocycles. The molecule has 0 amide bonds. The fourth-order valence-electron chi connectivity index (χ4n) is 3.45. The number of fused-ring (bicyclic) bond motifs is 1. The second-order valence-corrected chi connectivity index (χ2v) is 6.96. The van der Waals surface area contributed by atoms with Crippen LogP contribution in [-0.2, 0) is 11.1 Å². The summed E-state index contributed by atoms with van der Waals surface area (Å²) in [7, 11) is -0.936. The molecule has 1 aliphatic rings. The summed E-state index contributed by atoms with van der Waals surface area (Å²) in [5, 5.41) is 18.2. The van der Waals surface area contributed by atoms with E-state index in [0.29, 0.717) is 11.4 Å². The van der Waals surface area contributed by atoms with Crippen molar-refractivity contribution in [2.75, 3.05) is 0 Å². The lowest BCUT2D eigenvalue weighted by Crippen LogP contribution is -2.28. The smallest absolute Gasteiger partial charge is 0.423 e. The van der Waals surface area contributed by atoms with Gasteiger partial charge in [-0.3, -0.25) is 4.79 Å². The van der Waals surface area contributed by atoms with Crippen molar-refractivity contribution in [2.24, 2.45) is 0 Å². The lowest BCUT2D eigenvalue weighted by molar-refractivity contribution is 0.0987. The Bertz CT molecular complexity index is 1010. The van der Waals surface area contributed by atoms with Crippen molar-refractivity contribution >= 4 is 18.4 Å². The molecule has 1 unspecified atom stereocenters. The standard InChI is InChI=1S/C20H20BN3O3/c1-12-4-7-16(8-5-12)24-13(2)20(22-23-24)19(25)11-15-6-9-17-14(3)27-21(26)18(17)10-15/h4-10,14,26H,11H2,1-3H3. The number of benzene rings is 2. The van der Waals surface area contributed by atoms with Crippen molar-refractivity contribution in [3.05, 3.63) is 70.5 Å². The van der Waals surface area contributed by atoms with Gasteiger partial charge in [-0.2, -0.15) is 0 Å². The van der Waals surface area contributed by atoms with Crippen LogP contribution in [0.3, 0.4) is 0 Å². The number of hydrogen-bond acceptors (Lipinski definition) is 5. The number of rotatable bonds is 4. The van der Waals surface area contributed by atoms with Crippen molar-refractivity contribution in [3.8, 4) is 5.69 Å². The second-order valence-electron chi connectivity index (χ2n) is 6.96. The van der Waals surface area contributed by atoms with Crippen LogP contribution in [0.1, 0.15) is 45.9 Å². The number of carbonyl (C=O) groups excluding carboxylic acids is 1. The maximum Gasteiger partial charge on any atom is 0.491 e. The molecule has 0 bridgehead atoms. The van der Waals surface area contributed by atoms with Crippen LogP contribution < -0.4 is 5.46 Å². The molecule has 0 aliphatic carbocycles. The fraction of sp³-hybridized carbons (Fsp3) is 0.250. The maximum atomic E-state index is 12.8. The van der Waals surface area contributed by atoms with E-state index in [9.17, 15) is 9.82 Å². The van der Waals surface area contributed by atoms with Crippen molar-refractivity contribution in [1.82, 2.24) is 15.0 Å². The van der Waals surface area contributed by atoms with E-state index in [4.69, 9.17) is 4.65 Å². The monoisotopic (exact) mass is 361 g/mol. The SMILES string of the molecule is Cc1ccc(-n2nnc(C(=O)Cc3ccc4c(c3)B(O)OC4C)c2C)cc1.